The molecule has 0 radical (unpaired) electrons. The summed E-state index contributed by atoms with van der Waals surface area (Å²) in [5.74, 6) is 1.29. The van der Waals surface area contributed by atoms with Crippen molar-refractivity contribution in [3.8, 4) is 0 Å². The summed E-state index contributed by atoms with van der Waals surface area (Å²) in [7, 11) is 0. The molecule has 4 heteroatoms. The molecule has 3 unspecified atom stereocenters. The van der Waals surface area contributed by atoms with Crippen LogP contribution in [-0.2, 0) is 19.1 Å². The lowest BCUT2D eigenvalue weighted by atomic mass is 9.47. The largest absolute Gasteiger partial charge is 0.462 e. The summed E-state index contributed by atoms with van der Waals surface area (Å²) < 4.78 is 5.62. The molecule has 0 amide bonds. The molecule has 6 atom stereocenters. The van der Waals surface area contributed by atoms with E-state index in [1.165, 1.54) is 12.5 Å². The summed E-state index contributed by atoms with van der Waals surface area (Å²) in [4.78, 5) is 36.2. The van der Waals surface area contributed by atoms with Crippen molar-refractivity contribution in [3.05, 3.63) is 11.6 Å². The molecule has 0 bridgehead atoms. The molecule has 0 N–H and O–H groups in total. The Balaban J connectivity index is 1.71. The highest BCUT2D eigenvalue weighted by Gasteiger charge is 2.62. The van der Waals surface area contributed by atoms with Gasteiger partial charge in [-0.1, -0.05) is 19.4 Å². The Bertz CT molecular complexity index is 677. The van der Waals surface area contributed by atoms with Crippen LogP contribution in [0.3, 0.4) is 0 Å². The summed E-state index contributed by atoms with van der Waals surface area (Å²) in [5, 5.41) is 0. The third-order valence-corrected chi connectivity index (χ3v) is 7.95. The van der Waals surface area contributed by atoms with Gasteiger partial charge < -0.3 is 4.74 Å². The predicted molar refractivity (Wildman–Crippen MR) is 92.7 cm³/mol. The van der Waals surface area contributed by atoms with Crippen LogP contribution in [0.15, 0.2) is 11.6 Å². The molecule has 0 aromatic rings. The SMILES string of the molecule is CC(=O)O[C@H]1CC(=O)[C@@]2(C)CCC3C(CCC4=CC(=O)CCC43C)[C@H]12. The average molecular weight is 344 g/mol. The molecule has 136 valence electrons. The second-order valence-corrected chi connectivity index (χ2v) is 9.12. The van der Waals surface area contributed by atoms with Crippen molar-refractivity contribution >= 4 is 17.5 Å². The van der Waals surface area contributed by atoms with Gasteiger partial charge in [0.05, 0.1) is 0 Å². The lowest BCUT2D eigenvalue weighted by molar-refractivity contribution is -0.155. The van der Waals surface area contributed by atoms with Gasteiger partial charge in [0.15, 0.2) is 5.78 Å². The number of carbonyl (C=O) groups excluding carboxylic acids is 3. The number of rotatable bonds is 1. The highest BCUT2D eigenvalue weighted by molar-refractivity contribution is 5.92. The van der Waals surface area contributed by atoms with Gasteiger partial charge in [-0.3, -0.25) is 14.4 Å². The maximum absolute atomic E-state index is 12.8. The number of Topliss-reactive ketones (excluding diaryl/α,β-unsaturated/α-hetero) is 1. The molecule has 4 aliphatic carbocycles. The standard InChI is InChI=1S/C21H28O4/c1-12(22)25-17-11-18(24)21(3)9-7-16-15(19(17)21)5-4-13-10-14(23)6-8-20(13,16)2/h10,15-17,19H,4-9,11H2,1-3H3/t15?,16?,17-,19+,20?,21+/m0/s1. The first kappa shape index (κ1) is 17.0. The van der Waals surface area contributed by atoms with E-state index >= 15 is 0 Å². The van der Waals surface area contributed by atoms with Crippen molar-refractivity contribution < 1.29 is 19.1 Å². The van der Waals surface area contributed by atoms with Gasteiger partial charge in [-0.15, -0.1) is 0 Å². The quantitative estimate of drug-likeness (QED) is 0.682. The number of hydrogen-bond donors (Lipinski definition) is 0. The minimum atomic E-state index is -0.344. The third-order valence-electron chi connectivity index (χ3n) is 7.95. The Hall–Kier alpha value is -1.45. The van der Waals surface area contributed by atoms with Crippen LogP contribution in [0.2, 0.25) is 0 Å². The Morgan fingerprint density at radius 1 is 1.12 bits per heavy atom. The molecule has 0 aliphatic heterocycles. The first-order valence-electron chi connectivity index (χ1n) is 9.70. The smallest absolute Gasteiger partial charge is 0.302 e. The molecule has 0 heterocycles. The topological polar surface area (TPSA) is 60.4 Å². The highest BCUT2D eigenvalue weighted by Crippen LogP contribution is 2.64. The van der Waals surface area contributed by atoms with E-state index in [0.29, 0.717) is 24.7 Å². The molecule has 0 spiro atoms. The number of ether oxygens (including phenoxy) is 1. The maximum Gasteiger partial charge on any atom is 0.302 e. The first-order valence-corrected chi connectivity index (χ1v) is 9.70. The Morgan fingerprint density at radius 2 is 1.88 bits per heavy atom. The fourth-order valence-corrected chi connectivity index (χ4v) is 6.69. The van der Waals surface area contributed by atoms with Crippen LogP contribution in [0, 0.1) is 28.6 Å². The predicted octanol–water partition coefficient (Wildman–Crippen LogP) is 3.63. The Morgan fingerprint density at radius 3 is 2.60 bits per heavy atom. The van der Waals surface area contributed by atoms with E-state index in [4.69, 9.17) is 4.74 Å². The van der Waals surface area contributed by atoms with Crippen LogP contribution in [0.5, 0.6) is 0 Å². The van der Waals surface area contributed by atoms with Crippen LogP contribution in [0.1, 0.15) is 65.7 Å². The van der Waals surface area contributed by atoms with Gasteiger partial charge in [0.1, 0.15) is 11.9 Å². The van der Waals surface area contributed by atoms with Gasteiger partial charge in [-0.05, 0) is 55.4 Å². The van der Waals surface area contributed by atoms with Crippen molar-refractivity contribution in [1.82, 2.24) is 0 Å². The maximum atomic E-state index is 12.8. The van der Waals surface area contributed by atoms with E-state index in [9.17, 15) is 14.4 Å². The van der Waals surface area contributed by atoms with Crippen molar-refractivity contribution in [1.29, 1.82) is 0 Å². The number of esters is 1. The molecule has 0 aromatic heterocycles. The van der Waals surface area contributed by atoms with E-state index in [0.717, 1.165) is 32.1 Å². The summed E-state index contributed by atoms with van der Waals surface area (Å²) in [6.45, 7) is 5.86. The molecule has 4 rings (SSSR count). The zero-order valence-electron chi connectivity index (χ0n) is 15.5. The summed E-state index contributed by atoms with van der Waals surface area (Å²) in [5.41, 5.74) is 1.05. The Labute approximate surface area is 149 Å². The zero-order valence-corrected chi connectivity index (χ0v) is 15.5. The van der Waals surface area contributed by atoms with Gasteiger partial charge >= 0.3 is 5.97 Å². The van der Waals surface area contributed by atoms with Crippen molar-refractivity contribution in [2.24, 2.45) is 28.6 Å². The lowest BCUT2D eigenvalue weighted by Crippen LogP contribution is -2.52. The molecule has 4 nitrogen and oxygen atoms in total. The summed E-state index contributed by atoms with van der Waals surface area (Å²) in [6.07, 6.45) is 7.44. The lowest BCUT2D eigenvalue weighted by Gasteiger charge is -2.57. The van der Waals surface area contributed by atoms with Crippen LogP contribution < -0.4 is 0 Å². The van der Waals surface area contributed by atoms with E-state index < -0.39 is 0 Å². The summed E-state index contributed by atoms with van der Waals surface area (Å²) >= 11 is 0. The van der Waals surface area contributed by atoms with Crippen molar-refractivity contribution in [2.45, 2.75) is 71.8 Å². The van der Waals surface area contributed by atoms with Gasteiger partial charge in [-0.25, -0.2) is 0 Å². The van der Waals surface area contributed by atoms with E-state index in [2.05, 4.69) is 13.8 Å². The van der Waals surface area contributed by atoms with Crippen LogP contribution >= 0.6 is 0 Å². The van der Waals surface area contributed by atoms with Gasteiger partial charge in [0, 0.05) is 31.1 Å². The molecular formula is C21H28O4. The number of allylic oxidation sites excluding steroid dienone is 1. The van der Waals surface area contributed by atoms with Crippen molar-refractivity contribution in [3.63, 3.8) is 0 Å². The van der Waals surface area contributed by atoms with E-state index in [1.807, 2.05) is 6.08 Å². The number of fused-ring (bicyclic) bond motifs is 5. The molecule has 0 aromatic carbocycles. The normalized spacial score (nSPS) is 46.0. The summed E-state index contributed by atoms with van der Waals surface area (Å²) in [6, 6.07) is 0. The van der Waals surface area contributed by atoms with Gasteiger partial charge in [0.25, 0.3) is 0 Å². The van der Waals surface area contributed by atoms with Crippen LogP contribution in [0.25, 0.3) is 0 Å². The molecule has 4 aliphatic rings. The monoisotopic (exact) mass is 344 g/mol. The second-order valence-electron chi connectivity index (χ2n) is 9.12. The molecule has 0 saturated heterocycles. The number of hydrogen-bond acceptors (Lipinski definition) is 4. The second kappa shape index (κ2) is 5.52. The number of ketones is 2. The molecule has 3 fully saturated rings. The first-order chi connectivity index (χ1) is 11.8. The van der Waals surface area contributed by atoms with E-state index in [-0.39, 0.29) is 40.4 Å². The van der Waals surface area contributed by atoms with Crippen molar-refractivity contribution in [2.75, 3.05) is 0 Å². The van der Waals surface area contributed by atoms with Gasteiger partial charge in [-0.2, -0.15) is 0 Å². The van der Waals surface area contributed by atoms with Gasteiger partial charge in [0.2, 0.25) is 0 Å². The minimum Gasteiger partial charge on any atom is -0.462 e. The van der Waals surface area contributed by atoms with Crippen LogP contribution in [-0.4, -0.2) is 23.6 Å². The molecule has 3 saturated carbocycles. The highest BCUT2D eigenvalue weighted by atomic mass is 16.5. The minimum absolute atomic E-state index is 0.0740. The van der Waals surface area contributed by atoms with Crippen LogP contribution in [0.4, 0.5) is 0 Å². The zero-order chi connectivity index (χ0) is 18.0. The van der Waals surface area contributed by atoms with E-state index in [1.54, 1.807) is 0 Å². The Kier molecular flexibility index (Phi) is 3.75. The fourth-order valence-electron chi connectivity index (χ4n) is 6.69. The number of carbonyl (C=O) groups is 3. The average Bonchev–Trinajstić information content (AvgIpc) is 2.78. The molecule has 25 heavy (non-hydrogen) atoms. The fraction of sp³-hybridized carbons (Fsp3) is 0.762. The molecular weight excluding hydrogens is 316 g/mol. The third kappa shape index (κ3) is 2.36.